The van der Waals surface area contributed by atoms with Gasteiger partial charge in [0.2, 0.25) is 5.91 Å². The van der Waals surface area contributed by atoms with Gasteiger partial charge in [0.1, 0.15) is 12.1 Å². The fourth-order valence-electron chi connectivity index (χ4n) is 1.43. The van der Waals surface area contributed by atoms with Gasteiger partial charge < -0.3 is 10.6 Å². The van der Waals surface area contributed by atoms with E-state index in [1.807, 2.05) is 0 Å². The number of hydrogen-bond acceptors (Lipinski definition) is 4. The lowest BCUT2D eigenvalue weighted by Gasteiger charge is -2.06. The van der Waals surface area contributed by atoms with Gasteiger partial charge in [-0.25, -0.2) is 9.97 Å². The van der Waals surface area contributed by atoms with Crippen LogP contribution in [-0.2, 0) is 4.79 Å². The highest BCUT2D eigenvalue weighted by Gasteiger charge is 2.22. The first-order chi connectivity index (χ1) is 8.25. The molecule has 1 aliphatic carbocycles. The van der Waals surface area contributed by atoms with Crippen molar-refractivity contribution in [2.24, 2.45) is 0 Å². The Morgan fingerprint density at radius 3 is 3.06 bits per heavy atom. The molecule has 17 heavy (non-hydrogen) atoms. The first-order valence-electron chi connectivity index (χ1n) is 5.74. The van der Waals surface area contributed by atoms with E-state index in [2.05, 4.69) is 43.2 Å². The summed E-state index contributed by atoms with van der Waals surface area (Å²) in [5.74, 6) is 0.995. The van der Waals surface area contributed by atoms with E-state index < -0.39 is 0 Å². The molecule has 1 aromatic heterocycles. The lowest BCUT2D eigenvalue weighted by molar-refractivity contribution is -0.121. The average molecular weight is 346 g/mol. The summed E-state index contributed by atoms with van der Waals surface area (Å²) >= 11 is 2.18. The number of rotatable bonds is 6. The number of anilines is 1. The molecule has 2 rings (SSSR count). The Balaban J connectivity index is 1.62. The van der Waals surface area contributed by atoms with Crippen LogP contribution < -0.4 is 10.6 Å². The standard InChI is InChI=1S/C11H15IN4O/c12-9-6-13-7-15-11(9)14-5-1-2-10(17)16-8-3-4-8/h6-8H,1-5H2,(H,16,17)(H,13,14,15). The first kappa shape index (κ1) is 12.5. The van der Waals surface area contributed by atoms with Crippen LogP contribution in [0.15, 0.2) is 12.5 Å². The molecule has 1 saturated carbocycles. The Morgan fingerprint density at radius 1 is 1.53 bits per heavy atom. The zero-order valence-corrected chi connectivity index (χ0v) is 11.6. The van der Waals surface area contributed by atoms with E-state index in [9.17, 15) is 4.79 Å². The molecule has 1 amide bonds. The smallest absolute Gasteiger partial charge is 0.220 e. The molecule has 0 aromatic carbocycles. The number of aromatic nitrogens is 2. The minimum Gasteiger partial charge on any atom is -0.369 e. The molecule has 1 heterocycles. The number of amides is 1. The van der Waals surface area contributed by atoms with Gasteiger partial charge >= 0.3 is 0 Å². The van der Waals surface area contributed by atoms with Gasteiger partial charge in [-0.15, -0.1) is 0 Å². The fourth-order valence-corrected chi connectivity index (χ4v) is 1.92. The second-order valence-corrected chi connectivity index (χ2v) is 5.25. The molecule has 5 nitrogen and oxygen atoms in total. The van der Waals surface area contributed by atoms with E-state index in [1.54, 1.807) is 6.20 Å². The van der Waals surface area contributed by atoms with Crippen molar-refractivity contribution >= 4 is 34.3 Å². The summed E-state index contributed by atoms with van der Waals surface area (Å²) in [6, 6.07) is 0.457. The van der Waals surface area contributed by atoms with Gasteiger partial charge in [-0.1, -0.05) is 0 Å². The summed E-state index contributed by atoms with van der Waals surface area (Å²) < 4.78 is 0.993. The summed E-state index contributed by atoms with van der Waals surface area (Å²) in [6.07, 6.45) is 6.95. The molecule has 2 N–H and O–H groups in total. The highest BCUT2D eigenvalue weighted by Crippen LogP contribution is 2.18. The lowest BCUT2D eigenvalue weighted by atomic mass is 10.3. The Morgan fingerprint density at radius 2 is 2.35 bits per heavy atom. The van der Waals surface area contributed by atoms with Crippen molar-refractivity contribution in [3.8, 4) is 0 Å². The maximum atomic E-state index is 11.4. The topological polar surface area (TPSA) is 66.9 Å². The molecule has 0 unspecified atom stereocenters. The van der Waals surface area contributed by atoms with Crippen LogP contribution in [0.25, 0.3) is 0 Å². The van der Waals surface area contributed by atoms with E-state index in [-0.39, 0.29) is 5.91 Å². The minimum atomic E-state index is 0.159. The molecule has 0 aliphatic heterocycles. The summed E-state index contributed by atoms with van der Waals surface area (Å²) in [7, 11) is 0. The average Bonchev–Trinajstić information content (AvgIpc) is 3.10. The quantitative estimate of drug-likeness (QED) is 0.606. The van der Waals surface area contributed by atoms with Crippen molar-refractivity contribution in [1.82, 2.24) is 15.3 Å². The molecule has 1 fully saturated rings. The number of carbonyl (C=O) groups excluding carboxylic acids is 1. The molecular weight excluding hydrogens is 331 g/mol. The van der Waals surface area contributed by atoms with Crippen molar-refractivity contribution < 1.29 is 4.79 Å². The Kier molecular flexibility index (Phi) is 4.52. The van der Waals surface area contributed by atoms with Crippen LogP contribution in [0.5, 0.6) is 0 Å². The van der Waals surface area contributed by atoms with Crippen molar-refractivity contribution in [1.29, 1.82) is 0 Å². The second kappa shape index (κ2) is 6.13. The predicted molar refractivity (Wildman–Crippen MR) is 73.6 cm³/mol. The number of nitrogens with one attached hydrogen (secondary N) is 2. The highest BCUT2D eigenvalue weighted by atomic mass is 127. The molecule has 1 aliphatic rings. The van der Waals surface area contributed by atoms with Crippen molar-refractivity contribution in [3.05, 3.63) is 16.1 Å². The van der Waals surface area contributed by atoms with Crippen molar-refractivity contribution in [2.75, 3.05) is 11.9 Å². The lowest BCUT2D eigenvalue weighted by Crippen LogP contribution is -2.25. The number of halogens is 1. The number of hydrogen-bond donors (Lipinski definition) is 2. The number of carbonyl (C=O) groups is 1. The minimum absolute atomic E-state index is 0.159. The third kappa shape index (κ3) is 4.45. The van der Waals surface area contributed by atoms with Gasteiger partial charge in [-0.3, -0.25) is 4.79 Å². The molecule has 0 atom stereocenters. The molecule has 0 saturated heterocycles. The van der Waals surface area contributed by atoms with E-state index in [4.69, 9.17) is 0 Å². The third-order valence-corrected chi connectivity index (χ3v) is 3.27. The zero-order valence-electron chi connectivity index (χ0n) is 9.45. The SMILES string of the molecule is O=C(CCCNc1ncncc1I)NC1CC1. The Hall–Kier alpha value is -0.920. The molecule has 92 valence electrons. The molecule has 0 radical (unpaired) electrons. The number of nitrogens with zero attached hydrogens (tertiary/aromatic N) is 2. The normalized spacial score (nSPS) is 14.4. The van der Waals surface area contributed by atoms with Crippen LogP contribution in [0, 0.1) is 3.57 Å². The predicted octanol–water partition coefficient (Wildman–Crippen LogP) is 1.55. The summed E-state index contributed by atoms with van der Waals surface area (Å²) in [5.41, 5.74) is 0. The highest BCUT2D eigenvalue weighted by molar-refractivity contribution is 14.1. The van der Waals surface area contributed by atoms with Crippen LogP contribution in [0.4, 0.5) is 5.82 Å². The van der Waals surface area contributed by atoms with E-state index in [1.165, 1.54) is 6.33 Å². The largest absolute Gasteiger partial charge is 0.369 e. The molecule has 6 heteroatoms. The van der Waals surface area contributed by atoms with Crippen LogP contribution in [0.3, 0.4) is 0 Å². The van der Waals surface area contributed by atoms with Gasteiger partial charge in [0.05, 0.1) is 3.57 Å². The van der Waals surface area contributed by atoms with Gasteiger partial charge in [-0.05, 0) is 41.9 Å². The molecule has 0 spiro atoms. The van der Waals surface area contributed by atoms with Crippen LogP contribution in [-0.4, -0.2) is 28.5 Å². The Labute approximate surface area is 114 Å². The monoisotopic (exact) mass is 346 g/mol. The van der Waals surface area contributed by atoms with E-state index in [0.29, 0.717) is 12.5 Å². The van der Waals surface area contributed by atoms with Gasteiger partial charge in [0.15, 0.2) is 0 Å². The van der Waals surface area contributed by atoms with Crippen LogP contribution in [0.1, 0.15) is 25.7 Å². The summed E-state index contributed by atoms with van der Waals surface area (Å²) in [5, 5.41) is 6.17. The molecule has 1 aromatic rings. The summed E-state index contributed by atoms with van der Waals surface area (Å²) in [4.78, 5) is 19.4. The van der Waals surface area contributed by atoms with Gasteiger partial charge in [0, 0.05) is 25.2 Å². The van der Waals surface area contributed by atoms with Gasteiger partial charge in [0.25, 0.3) is 0 Å². The molecular formula is C11H15IN4O. The van der Waals surface area contributed by atoms with E-state index in [0.717, 1.165) is 35.2 Å². The van der Waals surface area contributed by atoms with Crippen LogP contribution >= 0.6 is 22.6 Å². The summed E-state index contributed by atoms with van der Waals surface area (Å²) in [6.45, 7) is 0.755. The third-order valence-electron chi connectivity index (χ3n) is 2.48. The van der Waals surface area contributed by atoms with E-state index >= 15 is 0 Å². The maximum absolute atomic E-state index is 11.4. The second-order valence-electron chi connectivity index (χ2n) is 4.09. The van der Waals surface area contributed by atoms with Crippen molar-refractivity contribution in [2.45, 2.75) is 31.7 Å². The van der Waals surface area contributed by atoms with Crippen LogP contribution in [0.2, 0.25) is 0 Å². The van der Waals surface area contributed by atoms with Crippen molar-refractivity contribution in [3.63, 3.8) is 0 Å². The molecule has 0 bridgehead atoms. The zero-order chi connectivity index (χ0) is 12.1. The fraction of sp³-hybridized carbons (Fsp3) is 0.545. The maximum Gasteiger partial charge on any atom is 0.220 e. The first-order valence-corrected chi connectivity index (χ1v) is 6.82. The van der Waals surface area contributed by atoms with Gasteiger partial charge in [-0.2, -0.15) is 0 Å². The Bertz CT molecular complexity index is 395.